The Balaban J connectivity index is 0.000000146. The molecule has 7 nitrogen and oxygen atoms in total. The molecule has 9 rings (SSSR count). The number of hydrogen-bond acceptors (Lipinski definition) is 5. The molecule has 50 heavy (non-hydrogen) atoms. The van der Waals surface area contributed by atoms with Gasteiger partial charge in [-0.05, 0) is 133 Å². The van der Waals surface area contributed by atoms with Crippen molar-refractivity contribution < 1.29 is 19.1 Å². The van der Waals surface area contributed by atoms with Crippen LogP contribution in [0, 0.1) is 10.8 Å². The van der Waals surface area contributed by atoms with Crippen LogP contribution in [0.25, 0.3) is 5.57 Å². The van der Waals surface area contributed by atoms with E-state index in [0.717, 1.165) is 96.6 Å². The minimum Gasteiger partial charge on any atom is -0.497 e. The van der Waals surface area contributed by atoms with Crippen LogP contribution in [0.3, 0.4) is 0 Å². The Morgan fingerprint density at radius 1 is 0.640 bits per heavy atom. The van der Waals surface area contributed by atoms with Crippen LogP contribution in [0.2, 0.25) is 0 Å². The van der Waals surface area contributed by atoms with E-state index in [-0.39, 0.29) is 22.6 Å². The van der Waals surface area contributed by atoms with Gasteiger partial charge in [0.2, 0.25) is 11.8 Å². The highest BCUT2D eigenvalue weighted by molar-refractivity contribution is 9.10. The number of fused-ring (bicyclic) bond motifs is 2. The number of carbonyl (C=O) groups is 2. The second kappa shape index (κ2) is 12.9. The lowest BCUT2D eigenvalue weighted by atomic mass is 9.83. The summed E-state index contributed by atoms with van der Waals surface area (Å²) in [6.07, 6.45) is 9.17. The molecule has 4 aromatic rings. The van der Waals surface area contributed by atoms with Crippen LogP contribution in [0.15, 0.2) is 100 Å². The molecule has 2 saturated heterocycles. The highest BCUT2D eigenvalue weighted by Gasteiger charge is 2.51. The minimum atomic E-state index is -0.284. The van der Waals surface area contributed by atoms with E-state index < -0.39 is 0 Å². The number of ether oxygens (including phenoxy) is 2. The van der Waals surface area contributed by atoms with E-state index in [1.807, 2.05) is 52.4 Å². The molecule has 0 saturated carbocycles. The lowest BCUT2D eigenvalue weighted by Gasteiger charge is -2.23. The van der Waals surface area contributed by atoms with Crippen molar-refractivity contribution >= 4 is 50.9 Å². The van der Waals surface area contributed by atoms with E-state index in [1.165, 1.54) is 22.3 Å². The Labute approximate surface area is 301 Å². The zero-order chi connectivity index (χ0) is 34.5. The van der Waals surface area contributed by atoms with Crippen molar-refractivity contribution in [1.29, 1.82) is 0 Å². The zero-order valence-corrected chi connectivity index (χ0v) is 30.0. The SMILES string of the molecule is COc1ccc2c(c1)CC1(CCN(c3ccc(Br)cc3)C1=O)C2.COc1ccc2c(c1)CC1(CCN(c3ccc(C4=CCN=C4)cc3)C1=O)C2. The molecule has 2 atom stereocenters. The average Bonchev–Trinajstić information content (AvgIpc) is 3.98. The van der Waals surface area contributed by atoms with Gasteiger partial charge in [-0.2, -0.15) is 0 Å². The summed E-state index contributed by atoms with van der Waals surface area (Å²) in [7, 11) is 3.37. The van der Waals surface area contributed by atoms with Gasteiger partial charge in [0.1, 0.15) is 11.5 Å². The molecule has 5 aliphatic rings. The van der Waals surface area contributed by atoms with Crippen molar-refractivity contribution in [2.75, 3.05) is 43.7 Å². The van der Waals surface area contributed by atoms with Gasteiger partial charge in [-0.25, -0.2) is 0 Å². The van der Waals surface area contributed by atoms with E-state index in [2.05, 4.69) is 75.5 Å². The van der Waals surface area contributed by atoms with E-state index in [1.54, 1.807) is 14.2 Å². The zero-order valence-electron chi connectivity index (χ0n) is 28.5. The summed E-state index contributed by atoms with van der Waals surface area (Å²) >= 11 is 3.45. The monoisotopic (exact) mass is 729 g/mol. The molecule has 2 spiro atoms. The number of halogens is 1. The number of methoxy groups -OCH3 is 2. The predicted octanol–water partition coefficient (Wildman–Crippen LogP) is 7.66. The summed E-state index contributed by atoms with van der Waals surface area (Å²) in [6.45, 7) is 2.34. The van der Waals surface area contributed by atoms with E-state index in [9.17, 15) is 9.59 Å². The highest BCUT2D eigenvalue weighted by Crippen LogP contribution is 2.48. The Morgan fingerprint density at radius 3 is 1.58 bits per heavy atom. The number of allylic oxidation sites excluding steroid dienone is 1. The average molecular weight is 731 g/mol. The first-order valence-corrected chi connectivity index (χ1v) is 18.1. The third kappa shape index (κ3) is 5.73. The Morgan fingerprint density at radius 2 is 1.12 bits per heavy atom. The van der Waals surface area contributed by atoms with Crippen molar-refractivity contribution in [2.45, 2.75) is 38.5 Å². The van der Waals surface area contributed by atoms with Crippen LogP contribution in [-0.4, -0.2) is 51.9 Å². The van der Waals surface area contributed by atoms with Gasteiger partial charge in [-0.3, -0.25) is 14.6 Å². The van der Waals surface area contributed by atoms with Crippen molar-refractivity contribution in [2.24, 2.45) is 15.8 Å². The summed E-state index contributed by atoms with van der Waals surface area (Å²) in [5, 5.41) is 0. The highest BCUT2D eigenvalue weighted by atomic mass is 79.9. The van der Waals surface area contributed by atoms with E-state index in [0.29, 0.717) is 0 Å². The van der Waals surface area contributed by atoms with Gasteiger partial charge in [0.05, 0.1) is 31.6 Å². The Kier molecular flexibility index (Phi) is 8.38. The fourth-order valence-electron chi connectivity index (χ4n) is 8.51. The fraction of sp³-hybridized carbons (Fsp3) is 0.310. The fourth-order valence-corrected chi connectivity index (χ4v) is 8.77. The normalized spacial score (nSPS) is 23.0. The number of carbonyl (C=O) groups excluding carboxylic acids is 2. The maximum absolute atomic E-state index is 13.4. The van der Waals surface area contributed by atoms with Crippen molar-refractivity contribution in [3.05, 3.63) is 123 Å². The lowest BCUT2D eigenvalue weighted by Crippen LogP contribution is -2.35. The molecule has 0 aromatic heterocycles. The summed E-state index contributed by atoms with van der Waals surface area (Å²) in [5.74, 6) is 2.26. The molecule has 3 heterocycles. The number of anilines is 2. The molecule has 0 bridgehead atoms. The number of aliphatic imine (C=N–C) groups is 1. The van der Waals surface area contributed by atoms with Gasteiger partial charge < -0.3 is 19.3 Å². The summed E-state index contributed by atoms with van der Waals surface area (Å²) in [5.41, 5.74) is 8.84. The topological polar surface area (TPSA) is 71.4 Å². The standard InChI is InChI=1S/C23H22N2O2.C19H18BrNO2/c1-27-21-7-4-17-13-23(14-19(17)12-21)9-11-25(22(23)26)20-5-2-16(3-6-20)18-8-10-24-15-18;1-23-17-7-2-13-11-19(12-14(13)10-17)8-9-21(18(19)22)16-5-3-15(20)4-6-16/h2-8,12,15H,9-11,13-14H2,1H3;2-7,10H,8-9,11-12H2,1H3. The smallest absolute Gasteiger partial charge is 0.233 e. The number of nitrogens with zero attached hydrogens (tertiary/aromatic N) is 3. The molecular formula is C42H40BrN3O4. The molecule has 2 aliphatic carbocycles. The molecule has 2 fully saturated rings. The van der Waals surface area contributed by atoms with E-state index in [4.69, 9.17) is 9.47 Å². The van der Waals surface area contributed by atoms with Crippen LogP contribution in [0.1, 0.15) is 40.7 Å². The Hall–Kier alpha value is -4.69. The first-order chi connectivity index (χ1) is 24.3. The minimum absolute atomic E-state index is 0.257. The molecule has 4 aromatic carbocycles. The molecule has 254 valence electrons. The lowest BCUT2D eigenvalue weighted by molar-refractivity contribution is -0.125. The first kappa shape index (κ1) is 32.5. The van der Waals surface area contributed by atoms with Gasteiger partial charge in [-0.15, -0.1) is 0 Å². The van der Waals surface area contributed by atoms with Crippen LogP contribution >= 0.6 is 15.9 Å². The van der Waals surface area contributed by atoms with Gasteiger partial charge in [0.15, 0.2) is 0 Å². The number of rotatable bonds is 5. The molecule has 2 unspecified atom stereocenters. The second-order valence-electron chi connectivity index (χ2n) is 14.1. The predicted molar refractivity (Wildman–Crippen MR) is 202 cm³/mol. The summed E-state index contributed by atoms with van der Waals surface area (Å²) in [4.78, 5) is 34.6. The van der Waals surface area contributed by atoms with Crippen molar-refractivity contribution in [3.63, 3.8) is 0 Å². The van der Waals surface area contributed by atoms with Crippen LogP contribution in [0.5, 0.6) is 11.5 Å². The number of amides is 2. The van der Waals surface area contributed by atoms with Crippen molar-refractivity contribution in [1.82, 2.24) is 0 Å². The second-order valence-corrected chi connectivity index (χ2v) is 15.0. The summed E-state index contributed by atoms with van der Waals surface area (Å²) in [6, 6.07) is 28.7. The van der Waals surface area contributed by atoms with Gasteiger partial charge in [0, 0.05) is 35.2 Å². The van der Waals surface area contributed by atoms with Crippen LogP contribution in [0.4, 0.5) is 11.4 Å². The molecule has 0 radical (unpaired) electrons. The largest absolute Gasteiger partial charge is 0.497 e. The maximum atomic E-state index is 13.4. The molecule has 3 aliphatic heterocycles. The number of hydrogen-bond donors (Lipinski definition) is 0. The maximum Gasteiger partial charge on any atom is 0.233 e. The van der Waals surface area contributed by atoms with Gasteiger partial charge in [-0.1, -0.05) is 46.3 Å². The number of benzene rings is 4. The van der Waals surface area contributed by atoms with Crippen molar-refractivity contribution in [3.8, 4) is 11.5 Å². The third-order valence-corrected chi connectivity index (χ3v) is 11.8. The molecule has 0 N–H and O–H groups in total. The molecule has 2 amide bonds. The first-order valence-electron chi connectivity index (χ1n) is 17.3. The van der Waals surface area contributed by atoms with E-state index >= 15 is 0 Å². The van der Waals surface area contributed by atoms with Crippen LogP contribution < -0.4 is 19.3 Å². The summed E-state index contributed by atoms with van der Waals surface area (Å²) < 4.78 is 11.7. The third-order valence-electron chi connectivity index (χ3n) is 11.3. The molecular weight excluding hydrogens is 690 g/mol. The Bertz CT molecular complexity index is 2040. The molecule has 8 heteroatoms. The quantitative estimate of drug-likeness (QED) is 0.212. The van der Waals surface area contributed by atoms with Gasteiger partial charge in [0.25, 0.3) is 0 Å². The van der Waals surface area contributed by atoms with Crippen LogP contribution in [-0.2, 0) is 35.3 Å². The van der Waals surface area contributed by atoms with Gasteiger partial charge >= 0.3 is 0 Å².